The molecule has 2 aromatic heterocycles. The molecular formula is C20H20F4N4S. The van der Waals surface area contributed by atoms with E-state index in [1.165, 1.54) is 18.5 Å². The molecule has 1 aliphatic heterocycles. The van der Waals surface area contributed by atoms with Gasteiger partial charge in [0.2, 0.25) is 0 Å². The van der Waals surface area contributed by atoms with Crippen molar-refractivity contribution in [1.29, 1.82) is 0 Å². The minimum Gasteiger partial charge on any atom is -0.367 e. The molecule has 0 bridgehead atoms. The molecule has 0 aliphatic carbocycles. The molecule has 0 amide bonds. The Balaban J connectivity index is 1.37. The summed E-state index contributed by atoms with van der Waals surface area (Å²) in [6.45, 7) is 2.54. The van der Waals surface area contributed by atoms with E-state index >= 15 is 0 Å². The summed E-state index contributed by atoms with van der Waals surface area (Å²) in [6.07, 6.45) is -2.00. The number of nitrogens with zero attached hydrogens (tertiary/aromatic N) is 3. The van der Waals surface area contributed by atoms with Crippen molar-refractivity contribution in [2.45, 2.75) is 38.0 Å². The first-order chi connectivity index (χ1) is 13.9. The van der Waals surface area contributed by atoms with E-state index in [1.54, 1.807) is 18.2 Å². The van der Waals surface area contributed by atoms with Crippen molar-refractivity contribution >= 4 is 27.4 Å². The monoisotopic (exact) mass is 424 g/mol. The number of halogens is 4. The molecule has 1 aromatic carbocycles. The highest BCUT2D eigenvalue weighted by Gasteiger charge is 2.29. The Morgan fingerprint density at radius 2 is 1.83 bits per heavy atom. The van der Waals surface area contributed by atoms with Crippen LogP contribution in [0.25, 0.3) is 10.2 Å². The predicted octanol–water partition coefficient (Wildman–Crippen LogP) is 5.01. The van der Waals surface area contributed by atoms with E-state index in [2.05, 4.69) is 20.2 Å². The summed E-state index contributed by atoms with van der Waals surface area (Å²) in [7, 11) is 0. The van der Waals surface area contributed by atoms with E-state index < -0.39 is 12.6 Å². The van der Waals surface area contributed by atoms with Crippen LogP contribution in [0.15, 0.2) is 36.7 Å². The fourth-order valence-corrected chi connectivity index (χ4v) is 4.61. The molecule has 3 heterocycles. The third-order valence-corrected chi connectivity index (χ3v) is 6.05. The zero-order valence-electron chi connectivity index (χ0n) is 15.5. The van der Waals surface area contributed by atoms with Crippen molar-refractivity contribution in [3.05, 3.63) is 52.9 Å². The van der Waals surface area contributed by atoms with Crippen LogP contribution in [0, 0.1) is 5.82 Å². The molecule has 29 heavy (non-hydrogen) atoms. The summed E-state index contributed by atoms with van der Waals surface area (Å²) >= 11 is 1.06. The minimum absolute atomic E-state index is 0.198. The number of benzene rings is 1. The van der Waals surface area contributed by atoms with E-state index in [0.717, 1.165) is 49.4 Å². The quantitative estimate of drug-likeness (QED) is 0.585. The lowest BCUT2D eigenvalue weighted by molar-refractivity contribution is -0.126. The van der Waals surface area contributed by atoms with Crippen molar-refractivity contribution in [2.24, 2.45) is 0 Å². The van der Waals surface area contributed by atoms with Crippen molar-refractivity contribution in [1.82, 2.24) is 14.9 Å². The topological polar surface area (TPSA) is 41.0 Å². The number of hydrogen-bond donors (Lipinski definition) is 1. The molecule has 0 spiro atoms. The lowest BCUT2D eigenvalue weighted by Gasteiger charge is -2.32. The molecule has 154 valence electrons. The number of alkyl halides is 3. The van der Waals surface area contributed by atoms with Gasteiger partial charge >= 0.3 is 6.18 Å². The van der Waals surface area contributed by atoms with E-state index in [0.29, 0.717) is 16.0 Å². The van der Waals surface area contributed by atoms with Crippen LogP contribution in [0.1, 0.15) is 23.3 Å². The maximum atomic E-state index is 13.0. The fraction of sp³-hybridized carbons (Fsp3) is 0.400. The van der Waals surface area contributed by atoms with Gasteiger partial charge in [-0.1, -0.05) is 12.1 Å². The zero-order valence-corrected chi connectivity index (χ0v) is 16.4. The molecule has 4 rings (SSSR count). The minimum atomic E-state index is -4.24. The van der Waals surface area contributed by atoms with Gasteiger partial charge in [0.05, 0.1) is 11.8 Å². The maximum Gasteiger partial charge on any atom is 0.393 e. The summed E-state index contributed by atoms with van der Waals surface area (Å²) in [5.41, 5.74) is 1.07. The number of hydrogen-bond acceptors (Lipinski definition) is 5. The van der Waals surface area contributed by atoms with Gasteiger partial charge in [-0.25, -0.2) is 14.4 Å². The smallest absolute Gasteiger partial charge is 0.367 e. The summed E-state index contributed by atoms with van der Waals surface area (Å²) in [4.78, 5) is 11.5. The number of anilines is 1. The van der Waals surface area contributed by atoms with Crippen molar-refractivity contribution in [2.75, 3.05) is 18.4 Å². The number of fused-ring (bicyclic) bond motifs is 1. The first-order valence-corrected chi connectivity index (χ1v) is 10.2. The first kappa shape index (κ1) is 20.0. The largest absolute Gasteiger partial charge is 0.393 e. The second-order valence-corrected chi connectivity index (χ2v) is 8.38. The predicted molar refractivity (Wildman–Crippen MR) is 105 cm³/mol. The molecule has 1 fully saturated rings. The van der Waals surface area contributed by atoms with Gasteiger partial charge in [0.1, 0.15) is 22.8 Å². The Morgan fingerprint density at radius 1 is 1.10 bits per heavy atom. The number of aromatic nitrogens is 2. The van der Waals surface area contributed by atoms with Gasteiger partial charge in [-0.05, 0) is 36.6 Å². The fourth-order valence-electron chi connectivity index (χ4n) is 3.58. The summed E-state index contributed by atoms with van der Waals surface area (Å²) in [5.74, 6) is 0.358. The Labute approximate surface area is 169 Å². The molecule has 1 N–H and O–H groups in total. The molecule has 0 radical (unpaired) electrons. The molecule has 4 nitrogen and oxygen atoms in total. The molecule has 9 heteroatoms. The van der Waals surface area contributed by atoms with Gasteiger partial charge in [-0.2, -0.15) is 13.2 Å². The maximum absolute atomic E-state index is 13.0. The van der Waals surface area contributed by atoms with Gasteiger partial charge in [-0.15, -0.1) is 11.3 Å². The van der Waals surface area contributed by atoms with Crippen molar-refractivity contribution in [3.63, 3.8) is 0 Å². The summed E-state index contributed by atoms with van der Waals surface area (Å²) < 4.78 is 51.1. The van der Waals surface area contributed by atoms with Crippen LogP contribution in [-0.4, -0.2) is 40.2 Å². The van der Waals surface area contributed by atoms with E-state index in [1.807, 2.05) is 0 Å². The molecule has 1 aliphatic rings. The van der Waals surface area contributed by atoms with Crippen LogP contribution in [-0.2, 0) is 13.0 Å². The number of thiophene rings is 1. The van der Waals surface area contributed by atoms with E-state index in [-0.39, 0.29) is 16.7 Å². The second-order valence-electron chi connectivity index (χ2n) is 7.27. The van der Waals surface area contributed by atoms with Gasteiger partial charge < -0.3 is 5.32 Å². The Kier molecular flexibility index (Phi) is 5.69. The van der Waals surface area contributed by atoms with Crippen LogP contribution in [0.2, 0.25) is 0 Å². The molecule has 1 saturated heterocycles. The lowest BCUT2D eigenvalue weighted by atomic mass is 10.0. The first-order valence-electron chi connectivity index (χ1n) is 9.39. The third-order valence-electron chi connectivity index (χ3n) is 5.00. The Hall–Kier alpha value is -2.26. The van der Waals surface area contributed by atoms with E-state index in [9.17, 15) is 17.6 Å². The van der Waals surface area contributed by atoms with Crippen molar-refractivity contribution < 1.29 is 17.6 Å². The normalized spacial score (nSPS) is 16.4. The third kappa shape index (κ3) is 5.22. The molecular weight excluding hydrogens is 404 g/mol. The van der Waals surface area contributed by atoms with Crippen LogP contribution in [0.4, 0.5) is 23.4 Å². The number of piperidine rings is 1. The zero-order chi connectivity index (χ0) is 20.4. The highest BCUT2D eigenvalue weighted by atomic mass is 32.1. The lowest BCUT2D eigenvalue weighted by Crippen LogP contribution is -2.38. The van der Waals surface area contributed by atoms with Gasteiger partial charge in [0.25, 0.3) is 0 Å². The van der Waals surface area contributed by atoms with Crippen LogP contribution >= 0.6 is 11.3 Å². The number of likely N-dealkylation sites (tertiary alicyclic amines) is 1. The van der Waals surface area contributed by atoms with Crippen LogP contribution in [0.5, 0.6) is 0 Å². The average molecular weight is 424 g/mol. The number of rotatable bonds is 5. The Morgan fingerprint density at radius 3 is 2.52 bits per heavy atom. The standard InChI is InChI=1S/C20H20F4N4S/c21-14-3-1-13(2-4-14)11-28-7-5-15(6-8-28)27-18-17-9-16(10-20(22,23)24)29-19(17)26-12-25-18/h1-4,9,12,15H,5-8,10-11H2,(H,25,26,27). The van der Waals surface area contributed by atoms with Crippen molar-refractivity contribution in [3.8, 4) is 0 Å². The highest BCUT2D eigenvalue weighted by molar-refractivity contribution is 7.18. The number of nitrogens with one attached hydrogen (secondary N) is 1. The summed E-state index contributed by atoms with van der Waals surface area (Å²) in [6, 6.07) is 8.28. The summed E-state index contributed by atoms with van der Waals surface area (Å²) in [5, 5.41) is 4.03. The van der Waals surface area contributed by atoms with E-state index in [4.69, 9.17) is 0 Å². The van der Waals surface area contributed by atoms with Gasteiger partial charge in [-0.3, -0.25) is 4.90 Å². The van der Waals surface area contributed by atoms with Crippen LogP contribution in [0.3, 0.4) is 0 Å². The molecule has 0 unspecified atom stereocenters. The average Bonchev–Trinajstić information content (AvgIpc) is 3.07. The molecule has 0 saturated carbocycles. The van der Waals surface area contributed by atoms with Gasteiger partial charge in [0, 0.05) is 30.6 Å². The Bertz CT molecular complexity index is 963. The molecule has 0 atom stereocenters. The molecule has 3 aromatic rings. The second kappa shape index (κ2) is 8.23. The highest BCUT2D eigenvalue weighted by Crippen LogP contribution is 2.33. The SMILES string of the molecule is Fc1ccc(CN2CCC(Nc3ncnc4sc(CC(F)(F)F)cc34)CC2)cc1. The van der Waals surface area contributed by atoms with Crippen LogP contribution < -0.4 is 5.32 Å². The van der Waals surface area contributed by atoms with Gasteiger partial charge in [0.15, 0.2) is 0 Å².